The van der Waals surface area contributed by atoms with Crippen LogP contribution in [-0.2, 0) is 6.42 Å². The van der Waals surface area contributed by atoms with Crippen LogP contribution < -0.4 is 10.5 Å². The molecule has 0 radical (unpaired) electrons. The molecular formula is C16H17NO7. The van der Waals surface area contributed by atoms with E-state index in [4.69, 9.17) is 20.7 Å². The highest BCUT2D eigenvalue weighted by Gasteiger charge is 2.16. The first-order valence-corrected chi connectivity index (χ1v) is 6.95. The van der Waals surface area contributed by atoms with Crippen LogP contribution in [0.25, 0.3) is 0 Å². The Bertz CT molecular complexity index is 705. The summed E-state index contributed by atoms with van der Waals surface area (Å²) in [6, 6.07) is 7.29. The topological polar surface area (TPSA) is 153 Å². The highest BCUT2D eigenvalue weighted by molar-refractivity contribution is 5.92. The van der Waals surface area contributed by atoms with Crippen molar-refractivity contribution in [1.29, 1.82) is 0 Å². The van der Waals surface area contributed by atoms with Crippen LogP contribution in [0.4, 0.5) is 0 Å². The van der Waals surface area contributed by atoms with Crippen molar-refractivity contribution in [3.8, 4) is 23.0 Å². The van der Waals surface area contributed by atoms with Gasteiger partial charge in [-0.1, -0.05) is 12.1 Å². The molecule has 0 spiro atoms. The van der Waals surface area contributed by atoms with E-state index in [9.17, 15) is 20.1 Å². The summed E-state index contributed by atoms with van der Waals surface area (Å²) in [6.07, 6.45) is -1.40. The number of carbonyl (C=O) groups excluding carboxylic acids is 1. The first kappa shape index (κ1) is 17.5. The minimum atomic E-state index is -1.63. The molecule has 7 N–H and O–H groups in total. The Balaban J connectivity index is 2.07. The third-order valence-corrected chi connectivity index (χ3v) is 3.29. The van der Waals surface area contributed by atoms with Gasteiger partial charge in [0.2, 0.25) is 0 Å². The number of aliphatic hydroxyl groups excluding tert-OH is 1. The van der Waals surface area contributed by atoms with Crippen molar-refractivity contribution in [2.24, 2.45) is 5.73 Å². The van der Waals surface area contributed by atoms with E-state index in [1.165, 1.54) is 12.1 Å². The molecule has 0 amide bonds. The maximum absolute atomic E-state index is 12.0. The molecule has 0 aliphatic rings. The largest absolute Gasteiger partial charge is 0.504 e. The van der Waals surface area contributed by atoms with Gasteiger partial charge >= 0.3 is 5.97 Å². The molecule has 2 aromatic rings. The fraction of sp³-hybridized carbons (Fsp3) is 0.188. The highest BCUT2D eigenvalue weighted by Crippen LogP contribution is 2.35. The van der Waals surface area contributed by atoms with Crippen molar-refractivity contribution in [2.75, 3.05) is 0 Å². The van der Waals surface area contributed by atoms with Crippen molar-refractivity contribution >= 4 is 5.97 Å². The van der Waals surface area contributed by atoms with Gasteiger partial charge in [0.15, 0.2) is 23.5 Å². The summed E-state index contributed by atoms with van der Waals surface area (Å²) in [5, 5.41) is 45.9. The lowest BCUT2D eigenvalue weighted by molar-refractivity contribution is -0.0577. The number of aliphatic hydroxyl groups is 2. The summed E-state index contributed by atoms with van der Waals surface area (Å²) >= 11 is 0. The van der Waals surface area contributed by atoms with Crippen molar-refractivity contribution < 1.29 is 35.1 Å². The molecule has 2 rings (SSSR count). The van der Waals surface area contributed by atoms with E-state index in [1.807, 2.05) is 0 Å². The van der Waals surface area contributed by atoms with E-state index in [1.54, 1.807) is 12.1 Å². The second-order valence-corrected chi connectivity index (χ2v) is 5.18. The Morgan fingerprint density at radius 1 is 1.04 bits per heavy atom. The van der Waals surface area contributed by atoms with Gasteiger partial charge < -0.3 is 36.0 Å². The molecule has 0 heterocycles. The molecule has 0 fully saturated rings. The average Bonchev–Trinajstić information content (AvgIpc) is 2.53. The van der Waals surface area contributed by atoms with Gasteiger partial charge in [-0.25, -0.2) is 4.79 Å². The van der Waals surface area contributed by atoms with E-state index in [0.29, 0.717) is 0 Å². The van der Waals surface area contributed by atoms with Crippen LogP contribution >= 0.6 is 0 Å². The Kier molecular flexibility index (Phi) is 5.24. The van der Waals surface area contributed by atoms with Crippen molar-refractivity contribution in [2.45, 2.75) is 18.8 Å². The summed E-state index contributed by atoms with van der Waals surface area (Å²) in [5.74, 6) is -2.65. The minimum Gasteiger partial charge on any atom is -0.504 e. The van der Waals surface area contributed by atoms with Crippen LogP contribution in [-0.4, -0.2) is 43.8 Å². The first-order valence-electron chi connectivity index (χ1n) is 6.95. The average molecular weight is 335 g/mol. The van der Waals surface area contributed by atoms with E-state index < -0.39 is 35.5 Å². The zero-order valence-electron chi connectivity index (χ0n) is 12.5. The molecular weight excluding hydrogens is 318 g/mol. The summed E-state index contributed by atoms with van der Waals surface area (Å²) in [5.41, 5.74) is 6.11. The third-order valence-electron chi connectivity index (χ3n) is 3.29. The third kappa shape index (κ3) is 4.13. The fourth-order valence-corrected chi connectivity index (χ4v) is 1.96. The van der Waals surface area contributed by atoms with Crippen LogP contribution in [0.15, 0.2) is 36.4 Å². The zero-order valence-corrected chi connectivity index (χ0v) is 12.5. The van der Waals surface area contributed by atoms with Crippen LogP contribution in [0, 0.1) is 0 Å². The van der Waals surface area contributed by atoms with Crippen LogP contribution in [0.2, 0.25) is 0 Å². The number of aromatic hydroxyl groups is 3. The number of benzene rings is 2. The molecule has 0 saturated carbocycles. The number of ether oxygens (including phenoxy) is 1. The van der Waals surface area contributed by atoms with Crippen LogP contribution in [0.3, 0.4) is 0 Å². The number of nitrogens with two attached hydrogens (primary N) is 1. The lowest BCUT2D eigenvalue weighted by Crippen LogP contribution is -2.36. The Morgan fingerprint density at radius 3 is 2.08 bits per heavy atom. The second kappa shape index (κ2) is 7.18. The molecule has 0 aromatic heterocycles. The van der Waals surface area contributed by atoms with E-state index >= 15 is 0 Å². The number of hydrogen-bond acceptors (Lipinski definition) is 8. The van der Waals surface area contributed by atoms with Gasteiger partial charge in [0.05, 0.1) is 11.6 Å². The number of phenolic OH excluding ortho intramolecular Hbond substituents is 3. The van der Waals surface area contributed by atoms with E-state index in [-0.39, 0.29) is 17.7 Å². The SMILES string of the molecule is N[C@@H](Cc1ccc(OC(=O)c2cc(O)c(O)c(O)c2)cc1)C(O)O. The normalized spacial score (nSPS) is 12.2. The molecule has 0 bridgehead atoms. The molecule has 1 atom stereocenters. The summed E-state index contributed by atoms with van der Waals surface area (Å²) < 4.78 is 5.08. The van der Waals surface area contributed by atoms with Gasteiger partial charge in [-0.15, -0.1) is 0 Å². The monoisotopic (exact) mass is 335 g/mol. The smallest absolute Gasteiger partial charge is 0.343 e. The Morgan fingerprint density at radius 2 is 1.58 bits per heavy atom. The quantitative estimate of drug-likeness (QED) is 0.196. The number of esters is 1. The van der Waals surface area contributed by atoms with Crippen LogP contribution in [0.1, 0.15) is 15.9 Å². The molecule has 0 aliphatic heterocycles. The molecule has 0 unspecified atom stereocenters. The van der Waals surface area contributed by atoms with Gasteiger partial charge in [0.25, 0.3) is 0 Å². The van der Waals surface area contributed by atoms with Gasteiger partial charge in [-0.3, -0.25) is 0 Å². The Hall–Kier alpha value is -2.81. The van der Waals surface area contributed by atoms with Crippen molar-refractivity contribution in [3.05, 3.63) is 47.5 Å². The number of phenols is 3. The number of hydrogen-bond donors (Lipinski definition) is 6. The highest BCUT2D eigenvalue weighted by atomic mass is 16.5. The van der Waals surface area contributed by atoms with Crippen LogP contribution in [0.5, 0.6) is 23.0 Å². The lowest BCUT2D eigenvalue weighted by Gasteiger charge is -2.13. The minimum absolute atomic E-state index is 0.141. The van der Waals surface area contributed by atoms with Gasteiger partial charge in [0, 0.05) is 0 Å². The predicted molar refractivity (Wildman–Crippen MR) is 82.7 cm³/mol. The molecule has 8 heteroatoms. The Labute approximate surface area is 137 Å². The fourth-order valence-electron chi connectivity index (χ4n) is 1.96. The predicted octanol–water partition coefficient (Wildman–Crippen LogP) is 0.203. The standard InChI is InChI=1S/C16H17NO7/c17-11(15(21)22)5-8-1-3-10(4-2-8)24-16(23)9-6-12(18)14(20)13(19)7-9/h1-4,6-7,11,15,18-22H,5,17H2/t11-/m0/s1. The summed E-state index contributed by atoms with van der Waals surface area (Å²) in [6.45, 7) is 0. The van der Waals surface area contributed by atoms with Gasteiger partial charge in [-0.05, 0) is 36.2 Å². The summed E-state index contributed by atoms with van der Waals surface area (Å²) in [4.78, 5) is 12.0. The molecule has 2 aromatic carbocycles. The van der Waals surface area contributed by atoms with Gasteiger partial charge in [-0.2, -0.15) is 0 Å². The summed E-state index contributed by atoms with van der Waals surface area (Å²) in [7, 11) is 0. The number of carbonyl (C=O) groups is 1. The zero-order chi connectivity index (χ0) is 17.9. The molecule has 24 heavy (non-hydrogen) atoms. The molecule has 0 aliphatic carbocycles. The maximum Gasteiger partial charge on any atom is 0.343 e. The van der Waals surface area contributed by atoms with Crippen molar-refractivity contribution in [1.82, 2.24) is 0 Å². The maximum atomic E-state index is 12.0. The van der Waals surface area contributed by atoms with E-state index in [2.05, 4.69) is 0 Å². The molecule has 8 nitrogen and oxygen atoms in total. The van der Waals surface area contributed by atoms with Gasteiger partial charge in [0.1, 0.15) is 5.75 Å². The second-order valence-electron chi connectivity index (χ2n) is 5.18. The molecule has 0 saturated heterocycles. The van der Waals surface area contributed by atoms with E-state index in [0.717, 1.165) is 17.7 Å². The molecule has 128 valence electrons. The first-order chi connectivity index (χ1) is 11.3. The lowest BCUT2D eigenvalue weighted by atomic mass is 10.1. The number of rotatable bonds is 5. The van der Waals surface area contributed by atoms with Crippen molar-refractivity contribution in [3.63, 3.8) is 0 Å².